The molecule has 0 bridgehead atoms. The Morgan fingerprint density at radius 3 is 3.06 bits per heavy atom. The van der Waals surface area contributed by atoms with Crippen molar-refractivity contribution in [3.8, 4) is 0 Å². The third-order valence-electron chi connectivity index (χ3n) is 5.49. The molecule has 0 saturated carbocycles. The molecule has 2 aromatic rings. The Labute approximate surface area is 200 Å². The van der Waals surface area contributed by atoms with Gasteiger partial charge in [-0.3, -0.25) is 4.99 Å². The molecule has 9 nitrogen and oxygen atoms in total. The first-order chi connectivity index (χ1) is 14.8. The number of aromatic nitrogens is 3. The zero-order chi connectivity index (χ0) is 20.6. The summed E-state index contributed by atoms with van der Waals surface area (Å²) in [6.07, 6.45) is 8.06. The second-order valence-electron chi connectivity index (χ2n) is 7.87. The molecular weight excluding hydrogens is 511 g/mol. The largest absolute Gasteiger partial charge is 0.469 e. The summed E-state index contributed by atoms with van der Waals surface area (Å²) in [4.78, 5) is 9.38. The summed E-state index contributed by atoms with van der Waals surface area (Å²) in [7, 11) is 1.66. The molecule has 172 valence electrons. The van der Waals surface area contributed by atoms with Crippen LogP contribution in [-0.4, -0.2) is 59.7 Å². The monoisotopic (exact) mass is 544 g/mol. The lowest BCUT2D eigenvalue weighted by molar-refractivity contribution is 0.0224. The fourth-order valence-electron chi connectivity index (χ4n) is 3.92. The van der Waals surface area contributed by atoms with Crippen LogP contribution in [-0.2, 0) is 35.5 Å². The predicted molar refractivity (Wildman–Crippen MR) is 128 cm³/mol. The van der Waals surface area contributed by atoms with E-state index in [1.54, 1.807) is 13.4 Å². The van der Waals surface area contributed by atoms with Gasteiger partial charge in [0.1, 0.15) is 18.2 Å². The van der Waals surface area contributed by atoms with Gasteiger partial charge in [0.05, 0.1) is 25.5 Å². The number of aliphatic imine (C=N–C) groups is 1. The Hall–Kier alpha value is -1.66. The molecule has 2 aromatic heterocycles. The number of ether oxygens (including phenoxy) is 2. The summed E-state index contributed by atoms with van der Waals surface area (Å²) in [6.45, 7) is 3.49. The molecule has 0 spiro atoms. The van der Waals surface area contributed by atoms with E-state index in [0.717, 1.165) is 75.2 Å². The minimum atomic E-state index is 0. The van der Waals surface area contributed by atoms with Gasteiger partial charge in [-0.05, 0) is 37.8 Å². The zero-order valence-corrected chi connectivity index (χ0v) is 20.4. The molecular formula is C21H33IN6O3. The van der Waals surface area contributed by atoms with Crippen molar-refractivity contribution < 1.29 is 13.9 Å². The maximum absolute atomic E-state index is 5.84. The number of nitrogens with zero attached hydrogens (tertiary/aromatic N) is 4. The molecule has 0 amide bonds. The van der Waals surface area contributed by atoms with Crippen molar-refractivity contribution in [3.63, 3.8) is 0 Å². The van der Waals surface area contributed by atoms with E-state index in [0.29, 0.717) is 13.2 Å². The van der Waals surface area contributed by atoms with E-state index in [2.05, 4.69) is 20.7 Å². The van der Waals surface area contributed by atoms with Crippen LogP contribution in [0.4, 0.5) is 0 Å². The van der Waals surface area contributed by atoms with Crippen molar-refractivity contribution in [2.24, 2.45) is 4.99 Å². The van der Waals surface area contributed by atoms with Crippen molar-refractivity contribution in [3.05, 3.63) is 35.8 Å². The Morgan fingerprint density at radius 1 is 1.35 bits per heavy atom. The second-order valence-corrected chi connectivity index (χ2v) is 7.87. The van der Waals surface area contributed by atoms with Crippen LogP contribution in [0.3, 0.4) is 0 Å². The molecule has 2 unspecified atom stereocenters. The normalized spacial score (nSPS) is 21.3. The Bertz CT molecular complexity index is 804. The molecule has 1 fully saturated rings. The number of furan rings is 1. The molecule has 2 aliphatic rings. The third-order valence-corrected chi connectivity index (χ3v) is 5.49. The zero-order valence-electron chi connectivity index (χ0n) is 18.1. The molecule has 2 atom stereocenters. The summed E-state index contributed by atoms with van der Waals surface area (Å²) in [6, 6.07) is 4.16. The number of guanidine groups is 1. The van der Waals surface area contributed by atoms with Gasteiger partial charge in [0.25, 0.3) is 0 Å². The lowest BCUT2D eigenvalue weighted by Crippen LogP contribution is -2.48. The predicted octanol–water partition coefficient (Wildman–Crippen LogP) is 2.30. The number of aryl methyl sites for hydroxylation is 1. The average molecular weight is 544 g/mol. The number of nitrogens with one attached hydrogen (secondary N) is 2. The maximum atomic E-state index is 5.84. The molecule has 0 aliphatic carbocycles. The standard InChI is InChI=1S/C21H32N6O3.HI/c1-28-15-19-25-20-8-7-16(14-27(20)26-19)24-21(22-10-9-17-6-4-12-29-17)23-13-18-5-2-3-11-30-18;/h4,6,12,16,18H,2-3,5,7-11,13-15H2,1H3,(H2,22,23,24);1H. The van der Waals surface area contributed by atoms with Crippen LogP contribution in [0.5, 0.6) is 0 Å². The smallest absolute Gasteiger partial charge is 0.191 e. The fourth-order valence-corrected chi connectivity index (χ4v) is 3.92. The van der Waals surface area contributed by atoms with Gasteiger partial charge in [-0.15, -0.1) is 24.0 Å². The minimum absolute atomic E-state index is 0. The van der Waals surface area contributed by atoms with E-state index in [-0.39, 0.29) is 36.1 Å². The summed E-state index contributed by atoms with van der Waals surface area (Å²) in [5.74, 6) is 3.56. The van der Waals surface area contributed by atoms with E-state index in [1.165, 1.54) is 6.42 Å². The first-order valence-electron chi connectivity index (χ1n) is 10.9. The van der Waals surface area contributed by atoms with E-state index in [4.69, 9.17) is 18.9 Å². The molecule has 0 radical (unpaired) electrons. The Balaban J connectivity index is 0.00000272. The average Bonchev–Trinajstić information content (AvgIpc) is 3.42. The summed E-state index contributed by atoms with van der Waals surface area (Å²) >= 11 is 0. The lowest BCUT2D eigenvalue weighted by Gasteiger charge is -2.26. The second kappa shape index (κ2) is 12.4. The van der Waals surface area contributed by atoms with Crippen LogP contribution in [0.15, 0.2) is 27.8 Å². The fraction of sp³-hybridized carbons (Fsp3) is 0.667. The van der Waals surface area contributed by atoms with Crippen LogP contribution in [0, 0.1) is 0 Å². The first kappa shape index (κ1) is 24.0. The van der Waals surface area contributed by atoms with Gasteiger partial charge in [0.2, 0.25) is 0 Å². The number of rotatable bonds is 8. The minimum Gasteiger partial charge on any atom is -0.469 e. The molecule has 0 aromatic carbocycles. The summed E-state index contributed by atoms with van der Waals surface area (Å²) in [5, 5.41) is 11.6. The number of hydrogen-bond donors (Lipinski definition) is 2. The van der Waals surface area contributed by atoms with Gasteiger partial charge >= 0.3 is 0 Å². The maximum Gasteiger partial charge on any atom is 0.191 e. The molecule has 2 aliphatic heterocycles. The van der Waals surface area contributed by atoms with Crippen LogP contribution in [0.1, 0.15) is 43.1 Å². The highest BCUT2D eigenvalue weighted by Gasteiger charge is 2.23. The van der Waals surface area contributed by atoms with Crippen molar-refractivity contribution >= 4 is 29.9 Å². The van der Waals surface area contributed by atoms with Crippen LogP contribution < -0.4 is 10.6 Å². The molecule has 31 heavy (non-hydrogen) atoms. The van der Waals surface area contributed by atoms with E-state index < -0.39 is 0 Å². The number of halogens is 1. The van der Waals surface area contributed by atoms with Crippen molar-refractivity contribution in [1.29, 1.82) is 0 Å². The Morgan fingerprint density at radius 2 is 2.29 bits per heavy atom. The van der Waals surface area contributed by atoms with Gasteiger partial charge in [-0.2, -0.15) is 5.10 Å². The van der Waals surface area contributed by atoms with Crippen molar-refractivity contribution in [2.75, 3.05) is 26.8 Å². The molecule has 2 N–H and O–H groups in total. The van der Waals surface area contributed by atoms with Crippen LogP contribution >= 0.6 is 24.0 Å². The SMILES string of the molecule is COCc1nc2n(n1)CC(NC(=NCC1CCCCO1)NCCc1ccco1)CC2.I. The van der Waals surface area contributed by atoms with Crippen LogP contribution in [0.25, 0.3) is 0 Å². The quantitative estimate of drug-likeness (QED) is 0.299. The van der Waals surface area contributed by atoms with E-state index >= 15 is 0 Å². The van der Waals surface area contributed by atoms with Gasteiger partial charge in [0, 0.05) is 39.1 Å². The number of fused-ring (bicyclic) bond motifs is 1. The highest BCUT2D eigenvalue weighted by Crippen LogP contribution is 2.15. The van der Waals surface area contributed by atoms with Gasteiger partial charge in [0.15, 0.2) is 11.8 Å². The molecule has 4 rings (SSSR count). The van der Waals surface area contributed by atoms with Gasteiger partial charge in [-0.25, -0.2) is 9.67 Å². The van der Waals surface area contributed by atoms with Crippen molar-refractivity contribution in [1.82, 2.24) is 25.4 Å². The van der Waals surface area contributed by atoms with E-state index in [1.807, 2.05) is 16.8 Å². The van der Waals surface area contributed by atoms with E-state index in [9.17, 15) is 0 Å². The molecule has 4 heterocycles. The van der Waals surface area contributed by atoms with Crippen molar-refractivity contribution in [2.45, 2.75) is 63.8 Å². The van der Waals surface area contributed by atoms with Gasteiger partial charge in [-0.1, -0.05) is 0 Å². The number of hydrogen-bond acceptors (Lipinski definition) is 6. The number of methoxy groups -OCH3 is 1. The third kappa shape index (κ3) is 7.18. The van der Waals surface area contributed by atoms with Gasteiger partial charge < -0.3 is 24.5 Å². The molecule has 1 saturated heterocycles. The summed E-state index contributed by atoms with van der Waals surface area (Å²) < 4.78 is 18.4. The molecule has 10 heteroatoms. The Kier molecular flexibility index (Phi) is 9.59. The highest BCUT2D eigenvalue weighted by molar-refractivity contribution is 14.0. The first-order valence-corrected chi connectivity index (χ1v) is 10.9. The summed E-state index contributed by atoms with van der Waals surface area (Å²) in [5.41, 5.74) is 0. The highest BCUT2D eigenvalue weighted by atomic mass is 127. The lowest BCUT2D eigenvalue weighted by atomic mass is 10.1. The topological polar surface area (TPSA) is 98.7 Å². The van der Waals surface area contributed by atoms with Crippen LogP contribution in [0.2, 0.25) is 0 Å².